The van der Waals surface area contributed by atoms with Gasteiger partial charge in [0, 0.05) is 0 Å². The van der Waals surface area contributed by atoms with Crippen LogP contribution < -0.4 is 0 Å². The SMILES string of the molecule is CC1(C)O[P+](=S)OC1(C)C. The zero-order valence-electron chi connectivity index (χ0n) is 6.67. The first-order valence-corrected chi connectivity index (χ1v) is 5.40. The van der Waals surface area contributed by atoms with E-state index in [2.05, 4.69) is 0 Å². The van der Waals surface area contributed by atoms with Crippen molar-refractivity contribution < 1.29 is 9.05 Å². The van der Waals surface area contributed by atoms with E-state index in [4.69, 9.17) is 20.9 Å². The minimum Gasteiger partial charge on any atom is -0.133 e. The molecule has 0 radical (unpaired) electrons. The topological polar surface area (TPSA) is 18.5 Å². The smallest absolute Gasteiger partial charge is 0.133 e. The Morgan fingerprint density at radius 3 is 1.40 bits per heavy atom. The van der Waals surface area contributed by atoms with E-state index in [1.165, 1.54) is 0 Å². The lowest BCUT2D eigenvalue weighted by Crippen LogP contribution is -2.41. The van der Waals surface area contributed by atoms with E-state index in [0.29, 0.717) is 0 Å². The zero-order valence-corrected chi connectivity index (χ0v) is 8.38. The van der Waals surface area contributed by atoms with Gasteiger partial charge < -0.3 is 0 Å². The summed E-state index contributed by atoms with van der Waals surface area (Å²) >= 11 is 4.92. The lowest BCUT2D eigenvalue weighted by molar-refractivity contribution is 0.00578. The molecule has 0 N–H and O–H groups in total. The first-order valence-electron chi connectivity index (χ1n) is 3.21. The molecule has 58 valence electrons. The Balaban J connectivity index is 2.88. The van der Waals surface area contributed by atoms with Crippen molar-refractivity contribution in [3.8, 4) is 0 Å². The Hall–Kier alpha value is 0.440. The Morgan fingerprint density at radius 1 is 1.00 bits per heavy atom. The van der Waals surface area contributed by atoms with Crippen molar-refractivity contribution in [3.63, 3.8) is 0 Å². The van der Waals surface area contributed by atoms with Crippen molar-refractivity contribution in [2.75, 3.05) is 0 Å². The largest absolute Gasteiger partial charge is 0.523 e. The van der Waals surface area contributed by atoms with Crippen LogP contribution in [0.5, 0.6) is 0 Å². The van der Waals surface area contributed by atoms with Gasteiger partial charge in [-0.05, 0) is 27.7 Å². The van der Waals surface area contributed by atoms with Crippen molar-refractivity contribution in [2.45, 2.75) is 38.9 Å². The molecular formula is C6H12O2PS+. The molecule has 1 fully saturated rings. The number of hydrogen-bond donors (Lipinski definition) is 0. The van der Waals surface area contributed by atoms with Crippen molar-refractivity contribution in [3.05, 3.63) is 0 Å². The molecule has 0 aromatic rings. The third-order valence-corrected chi connectivity index (χ3v) is 3.71. The molecule has 1 saturated heterocycles. The highest BCUT2D eigenvalue weighted by Crippen LogP contribution is 2.50. The summed E-state index contributed by atoms with van der Waals surface area (Å²) in [4.78, 5) is 0. The Morgan fingerprint density at radius 2 is 1.30 bits per heavy atom. The third-order valence-electron chi connectivity index (χ3n) is 2.06. The van der Waals surface area contributed by atoms with Gasteiger partial charge in [-0.25, -0.2) is 0 Å². The average molecular weight is 179 g/mol. The van der Waals surface area contributed by atoms with Crippen LogP contribution in [0.3, 0.4) is 0 Å². The standard InChI is InChI=1S/C6H12O2PS/c1-5(2)6(3,4)8-9(10)7-5/h1-4H3/q+1. The molecule has 10 heavy (non-hydrogen) atoms. The van der Waals surface area contributed by atoms with Gasteiger partial charge in [-0.3, -0.25) is 0 Å². The number of rotatable bonds is 0. The van der Waals surface area contributed by atoms with Crippen molar-refractivity contribution >= 4 is 19.0 Å². The molecule has 0 aromatic heterocycles. The van der Waals surface area contributed by atoms with Crippen molar-refractivity contribution in [1.82, 2.24) is 0 Å². The first-order chi connectivity index (χ1) is 4.35. The monoisotopic (exact) mass is 179 g/mol. The summed E-state index contributed by atoms with van der Waals surface area (Å²) in [7, 11) is -1.06. The quantitative estimate of drug-likeness (QED) is 0.532. The van der Waals surface area contributed by atoms with Crippen LogP contribution in [0.1, 0.15) is 27.7 Å². The van der Waals surface area contributed by atoms with E-state index >= 15 is 0 Å². The lowest BCUT2D eigenvalue weighted by atomic mass is 9.90. The molecule has 1 heterocycles. The zero-order chi connectivity index (χ0) is 7.99. The van der Waals surface area contributed by atoms with Crippen molar-refractivity contribution in [1.29, 1.82) is 0 Å². The molecule has 0 atom stereocenters. The molecule has 0 bridgehead atoms. The van der Waals surface area contributed by atoms with Crippen LogP contribution in [0.25, 0.3) is 0 Å². The summed E-state index contributed by atoms with van der Waals surface area (Å²) in [5.74, 6) is 0. The number of hydrogen-bond acceptors (Lipinski definition) is 3. The van der Waals surface area contributed by atoms with E-state index in [0.717, 1.165) is 0 Å². The molecule has 0 unspecified atom stereocenters. The van der Waals surface area contributed by atoms with E-state index in [-0.39, 0.29) is 11.2 Å². The summed E-state index contributed by atoms with van der Waals surface area (Å²) in [5, 5.41) is 0. The predicted molar refractivity (Wildman–Crippen MR) is 44.6 cm³/mol. The minimum atomic E-state index is -1.06. The van der Waals surface area contributed by atoms with Gasteiger partial charge >= 0.3 is 7.15 Å². The highest BCUT2D eigenvalue weighted by atomic mass is 32.4. The highest BCUT2D eigenvalue weighted by molar-refractivity contribution is 8.00. The fourth-order valence-corrected chi connectivity index (χ4v) is 2.95. The molecule has 1 rings (SSSR count). The molecule has 0 saturated carbocycles. The maximum atomic E-state index is 5.42. The summed E-state index contributed by atoms with van der Waals surface area (Å²) in [6, 6.07) is 0. The van der Waals surface area contributed by atoms with E-state index in [1.807, 2.05) is 27.7 Å². The molecule has 1 aliphatic rings. The fourth-order valence-electron chi connectivity index (χ4n) is 0.611. The second-order valence-electron chi connectivity index (χ2n) is 3.43. The first kappa shape index (κ1) is 8.54. The Kier molecular flexibility index (Phi) is 1.89. The van der Waals surface area contributed by atoms with Gasteiger partial charge in [0.25, 0.3) is 0 Å². The van der Waals surface area contributed by atoms with Gasteiger partial charge in [-0.1, -0.05) is 0 Å². The molecular weight excluding hydrogens is 167 g/mol. The van der Waals surface area contributed by atoms with Crippen LogP contribution in [-0.2, 0) is 20.9 Å². The maximum Gasteiger partial charge on any atom is 0.523 e. The average Bonchev–Trinajstić information content (AvgIpc) is 1.73. The molecule has 0 amide bonds. The van der Waals surface area contributed by atoms with Crippen LogP contribution in [-0.4, -0.2) is 11.2 Å². The van der Waals surface area contributed by atoms with Gasteiger partial charge in [0.2, 0.25) is 11.8 Å². The van der Waals surface area contributed by atoms with Gasteiger partial charge in [0.15, 0.2) is 11.2 Å². The fraction of sp³-hybridized carbons (Fsp3) is 1.00. The van der Waals surface area contributed by atoms with Crippen LogP contribution in [0.15, 0.2) is 0 Å². The summed E-state index contributed by atoms with van der Waals surface area (Å²) < 4.78 is 10.8. The Bertz CT molecular complexity index is 159. The molecule has 0 aromatic carbocycles. The van der Waals surface area contributed by atoms with Crippen LogP contribution in [0.4, 0.5) is 0 Å². The molecule has 2 nitrogen and oxygen atoms in total. The van der Waals surface area contributed by atoms with E-state index in [9.17, 15) is 0 Å². The van der Waals surface area contributed by atoms with E-state index < -0.39 is 7.15 Å². The van der Waals surface area contributed by atoms with Crippen LogP contribution in [0.2, 0.25) is 0 Å². The van der Waals surface area contributed by atoms with Crippen LogP contribution >= 0.6 is 7.15 Å². The van der Waals surface area contributed by atoms with Gasteiger partial charge in [-0.15, -0.1) is 9.05 Å². The summed E-state index contributed by atoms with van der Waals surface area (Å²) in [6.45, 7) is 8.01. The highest BCUT2D eigenvalue weighted by Gasteiger charge is 2.56. The molecule has 4 heteroatoms. The molecule has 1 aliphatic heterocycles. The van der Waals surface area contributed by atoms with Crippen molar-refractivity contribution in [2.24, 2.45) is 0 Å². The maximum absolute atomic E-state index is 5.42. The second-order valence-corrected chi connectivity index (χ2v) is 5.13. The normalized spacial score (nSPS) is 29.0. The van der Waals surface area contributed by atoms with Crippen LogP contribution in [0, 0.1) is 0 Å². The molecule has 0 spiro atoms. The summed E-state index contributed by atoms with van der Waals surface area (Å²) in [6.07, 6.45) is 0. The van der Waals surface area contributed by atoms with Gasteiger partial charge in [-0.2, -0.15) is 0 Å². The van der Waals surface area contributed by atoms with Gasteiger partial charge in [0.05, 0.1) is 0 Å². The third kappa shape index (κ3) is 1.24. The second kappa shape index (κ2) is 2.21. The van der Waals surface area contributed by atoms with Gasteiger partial charge in [0.1, 0.15) is 0 Å². The van der Waals surface area contributed by atoms with E-state index in [1.54, 1.807) is 0 Å². The summed E-state index contributed by atoms with van der Waals surface area (Å²) in [5.41, 5.74) is -0.471. The predicted octanol–water partition coefficient (Wildman–Crippen LogP) is 2.36. The lowest BCUT2D eigenvalue weighted by Gasteiger charge is -2.23. The molecule has 0 aliphatic carbocycles. The minimum absolute atomic E-state index is 0.236. The Labute approximate surface area is 67.5 Å².